The van der Waals surface area contributed by atoms with E-state index in [-0.39, 0.29) is 5.91 Å². The average molecular weight is 322 g/mol. The third-order valence-corrected chi connectivity index (χ3v) is 6.08. The summed E-state index contributed by atoms with van der Waals surface area (Å²) in [5.74, 6) is 2.79. The van der Waals surface area contributed by atoms with Crippen molar-refractivity contribution in [2.24, 2.45) is 11.8 Å². The van der Waals surface area contributed by atoms with Gasteiger partial charge in [-0.2, -0.15) is 0 Å². The van der Waals surface area contributed by atoms with Crippen LogP contribution in [0.2, 0.25) is 0 Å². The quantitative estimate of drug-likeness (QED) is 0.847. The number of aryl methyl sites for hydroxylation is 1. The van der Waals surface area contributed by atoms with Gasteiger partial charge in [-0.1, -0.05) is 38.5 Å². The van der Waals surface area contributed by atoms with Gasteiger partial charge < -0.3 is 9.88 Å². The summed E-state index contributed by atoms with van der Waals surface area (Å²) < 4.78 is 2.18. The number of aromatic nitrogens is 3. The van der Waals surface area contributed by atoms with Gasteiger partial charge in [-0.05, 0) is 38.0 Å². The topological polar surface area (TPSA) is 59.8 Å². The maximum atomic E-state index is 12.3. The third-order valence-electron chi connectivity index (χ3n) is 5.13. The zero-order valence-corrected chi connectivity index (χ0v) is 14.5. The van der Waals surface area contributed by atoms with Crippen molar-refractivity contribution < 1.29 is 4.79 Å². The minimum absolute atomic E-state index is 0.124. The Balaban J connectivity index is 1.52. The molecular weight excluding hydrogens is 296 g/mol. The molecule has 1 aromatic rings. The average Bonchev–Trinajstić information content (AvgIpc) is 3.25. The zero-order chi connectivity index (χ0) is 15.7. The van der Waals surface area contributed by atoms with E-state index in [1.165, 1.54) is 37.4 Å². The normalized spacial score (nSPS) is 28.6. The predicted molar refractivity (Wildman–Crippen MR) is 87.9 cm³/mol. The lowest BCUT2D eigenvalue weighted by molar-refractivity contribution is -0.120. The Morgan fingerprint density at radius 3 is 2.77 bits per heavy atom. The second-order valence-corrected chi connectivity index (χ2v) is 7.80. The standard InChI is InChI=1S/C16H26N4OS/c1-10-5-4-6-14(11(10)2)17-15(21)9-22-16-19-18-12(3)20(16)13-7-8-13/h10-11,13-14H,4-9H2,1-3H3,(H,17,21)/t10-,11-,14+/m0/s1. The number of nitrogens with one attached hydrogen (secondary N) is 1. The number of nitrogens with zero attached hydrogens (tertiary/aromatic N) is 3. The van der Waals surface area contributed by atoms with Gasteiger partial charge in [-0.25, -0.2) is 0 Å². The molecule has 1 amide bonds. The summed E-state index contributed by atoms with van der Waals surface area (Å²) in [6.45, 7) is 6.54. The van der Waals surface area contributed by atoms with Crippen molar-refractivity contribution in [1.29, 1.82) is 0 Å². The molecule has 2 saturated carbocycles. The molecule has 122 valence electrons. The van der Waals surface area contributed by atoms with Gasteiger partial charge in [-0.15, -0.1) is 10.2 Å². The van der Waals surface area contributed by atoms with E-state index in [4.69, 9.17) is 0 Å². The molecule has 22 heavy (non-hydrogen) atoms. The Bertz CT molecular complexity index is 540. The van der Waals surface area contributed by atoms with Crippen molar-refractivity contribution in [3.63, 3.8) is 0 Å². The van der Waals surface area contributed by atoms with Gasteiger partial charge >= 0.3 is 0 Å². The Morgan fingerprint density at radius 2 is 2.05 bits per heavy atom. The number of carbonyl (C=O) groups is 1. The molecule has 0 aliphatic heterocycles. The molecule has 3 rings (SSSR count). The highest BCUT2D eigenvalue weighted by Gasteiger charge is 2.30. The van der Waals surface area contributed by atoms with Gasteiger partial charge in [-0.3, -0.25) is 4.79 Å². The van der Waals surface area contributed by atoms with E-state index >= 15 is 0 Å². The van der Waals surface area contributed by atoms with Crippen LogP contribution in [0.5, 0.6) is 0 Å². The maximum absolute atomic E-state index is 12.3. The van der Waals surface area contributed by atoms with E-state index in [0.29, 0.717) is 29.7 Å². The fraction of sp³-hybridized carbons (Fsp3) is 0.812. The molecule has 0 unspecified atom stereocenters. The fourth-order valence-electron chi connectivity index (χ4n) is 3.37. The van der Waals surface area contributed by atoms with E-state index in [1.807, 2.05) is 6.92 Å². The monoisotopic (exact) mass is 322 g/mol. The van der Waals surface area contributed by atoms with Crippen LogP contribution in [0, 0.1) is 18.8 Å². The zero-order valence-electron chi connectivity index (χ0n) is 13.7. The molecular formula is C16H26N4OS. The second kappa shape index (κ2) is 6.60. The summed E-state index contributed by atoms with van der Waals surface area (Å²) in [7, 11) is 0. The molecule has 2 aliphatic rings. The molecule has 0 saturated heterocycles. The van der Waals surface area contributed by atoms with Gasteiger partial charge in [0.05, 0.1) is 5.75 Å². The van der Waals surface area contributed by atoms with Crippen LogP contribution < -0.4 is 5.32 Å². The predicted octanol–water partition coefficient (Wildman–Crippen LogP) is 2.95. The van der Waals surface area contributed by atoms with Crippen molar-refractivity contribution in [1.82, 2.24) is 20.1 Å². The molecule has 0 bridgehead atoms. The number of amides is 1. The van der Waals surface area contributed by atoms with Crippen LogP contribution in [0.3, 0.4) is 0 Å². The van der Waals surface area contributed by atoms with E-state index < -0.39 is 0 Å². The Labute approximate surface area is 136 Å². The highest BCUT2D eigenvalue weighted by atomic mass is 32.2. The lowest BCUT2D eigenvalue weighted by Gasteiger charge is -2.34. The van der Waals surface area contributed by atoms with Crippen molar-refractivity contribution in [2.75, 3.05) is 5.75 Å². The van der Waals surface area contributed by atoms with E-state index in [0.717, 1.165) is 17.4 Å². The highest BCUT2D eigenvalue weighted by Crippen LogP contribution is 2.38. The molecule has 1 aromatic heterocycles. The van der Waals surface area contributed by atoms with Crippen LogP contribution in [0.25, 0.3) is 0 Å². The van der Waals surface area contributed by atoms with Gasteiger partial charge in [0.15, 0.2) is 5.16 Å². The van der Waals surface area contributed by atoms with Crippen LogP contribution >= 0.6 is 11.8 Å². The number of rotatable bonds is 5. The molecule has 2 fully saturated rings. The Kier molecular flexibility index (Phi) is 4.76. The first-order valence-electron chi connectivity index (χ1n) is 8.40. The van der Waals surface area contributed by atoms with Crippen LogP contribution in [-0.4, -0.2) is 32.5 Å². The molecule has 3 atom stereocenters. The van der Waals surface area contributed by atoms with E-state index in [2.05, 4.69) is 33.9 Å². The molecule has 0 aromatic carbocycles. The summed E-state index contributed by atoms with van der Waals surface area (Å²) in [6.07, 6.45) is 6.02. The fourth-order valence-corrected chi connectivity index (χ4v) is 4.23. The highest BCUT2D eigenvalue weighted by molar-refractivity contribution is 7.99. The molecule has 1 heterocycles. The number of hydrogen-bond donors (Lipinski definition) is 1. The molecule has 5 nitrogen and oxygen atoms in total. The molecule has 2 aliphatic carbocycles. The first kappa shape index (κ1) is 15.8. The lowest BCUT2D eigenvalue weighted by Crippen LogP contribution is -2.44. The minimum Gasteiger partial charge on any atom is -0.352 e. The summed E-state index contributed by atoms with van der Waals surface area (Å²) in [6, 6.07) is 0.889. The van der Waals surface area contributed by atoms with Gasteiger partial charge in [0.2, 0.25) is 5.91 Å². The molecule has 1 N–H and O–H groups in total. The Hall–Kier alpha value is -1.04. The number of hydrogen-bond acceptors (Lipinski definition) is 4. The van der Waals surface area contributed by atoms with Crippen LogP contribution in [0.4, 0.5) is 0 Å². The molecule has 6 heteroatoms. The van der Waals surface area contributed by atoms with Crippen LogP contribution in [-0.2, 0) is 4.79 Å². The van der Waals surface area contributed by atoms with Crippen molar-refractivity contribution in [3.8, 4) is 0 Å². The summed E-state index contributed by atoms with van der Waals surface area (Å²) in [4.78, 5) is 12.3. The van der Waals surface area contributed by atoms with Crippen molar-refractivity contribution >= 4 is 17.7 Å². The molecule has 0 radical (unpaired) electrons. The SMILES string of the molecule is Cc1nnc(SCC(=O)N[C@@H]2CCC[C@H](C)[C@@H]2C)n1C1CC1. The van der Waals surface area contributed by atoms with Gasteiger partial charge in [0.1, 0.15) is 5.82 Å². The van der Waals surface area contributed by atoms with E-state index in [9.17, 15) is 4.79 Å². The summed E-state index contributed by atoms with van der Waals surface area (Å²) >= 11 is 1.51. The van der Waals surface area contributed by atoms with Crippen molar-refractivity contribution in [2.45, 2.75) is 70.1 Å². The minimum atomic E-state index is 0.124. The third kappa shape index (κ3) is 3.47. The van der Waals surface area contributed by atoms with Gasteiger partial charge in [0, 0.05) is 12.1 Å². The Morgan fingerprint density at radius 1 is 1.27 bits per heavy atom. The van der Waals surface area contributed by atoms with Gasteiger partial charge in [0.25, 0.3) is 0 Å². The summed E-state index contributed by atoms with van der Waals surface area (Å²) in [5, 5.41) is 12.5. The largest absolute Gasteiger partial charge is 0.352 e. The van der Waals surface area contributed by atoms with Crippen LogP contribution in [0.1, 0.15) is 57.8 Å². The lowest BCUT2D eigenvalue weighted by atomic mass is 9.78. The number of thioether (sulfide) groups is 1. The first-order valence-corrected chi connectivity index (χ1v) is 9.38. The first-order chi connectivity index (χ1) is 10.6. The van der Waals surface area contributed by atoms with E-state index in [1.54, 1.807) is 0 Å². The smallest absolute Gasteiger partial charge is 0.230 e. The van der Waals surface area contributed by atoms with Crippen molar-refractivity contribution in [3.05, 3.63) is 5.82 Å². The number of carbonyl (C=O) groups excluding carboxylic acids is 1. The summed E-state index contributed by atoms with van der Waals surface area (Å²) in [5.41, 5.74) is 0. The van der Waals surface area contributed by atoms with Crippen LogP contribution in [0.15, 0.2) is 5.16 Å². The molecule has 0 spiro atoms. The second-order valence-electron chi connectivity index (χ2n) is 6.86. The maximum Gasteiger partial charge on any atom is 0.230 e.